The molecule has 1 aliphatic heterocycles. The van der Waals surface area contributed by atoms with Crippen molar-refractivity contribution >= 4 is 22.5 Å². The number of anilines is 1. The van der Waals surface area contributed by atoms with Crippen molar-refractivity contribution in [2.45, 2.75) is 24.9 Å². The fraction of sp³-hybridized carbons (Fsp3) is 0.300. The lowest BCUT2D eigenvalue weighted by Gasteiger charge is -2.35. The van der Waals surface area contributed by atoms with Crippen molar-refractivity contribution in [2.24, 2.45) is 5.73 Å². The molecule has 0 saturated carbocycles. The number of amides is 1. The summed E-state index contributed by atoms with van der Waals surface area (Å²) in [5.74, 6) is -0.00649. The van der Waals surface area contributed by atoms with E-state index in [0.717, 1.165) is 41.5 Å². The second-order valence-corrected chi connectivity index (χ2v) is 6.83. The zero-order chi connectivity index (χ0) is 17.9. The number of nitrogens with zero attached hydrogens (tertiary/aromatic N) is 2. The zero-order valence-electron chi connectivity index (χ0n) is 14.6. The predicted molar refractivity (Wildman–Crippen MR) is 103 cm³/mol. The predicted octanol–water partition coefficient (Wildman–Crippen LogP) is 2.67. The smallest absolute Gasteiger partial charge is 0.244 e. The maximum atomic E-state index is 12.8. The van der Waals surface area contributed by atoms with Crippen LogP contribution in [0.4, 0.5) is 5.69 Å². The minimum absolute atomic E-state index is 0.00649. The van der Waals surface area contributed by atoms with Crippen molar-refractivity contribution in [1.82, 2.24) is 15.1 Å². The maximum absolute atomic E-state index is 12.8. The highest BCUT2D eigenvalue weighted by molar-refractivity contribution is 5.83. The fourth-order valence-electron chi connectivity index (χ4n) is 3.56. The van der Waals surface area contributed by atoms with Gasteiger partial charge in [0.1, 0.15) is 6.04 Å². The molecule has 0 radical (unpaired) electrons. The van der Waals surface area contributed by atoms with Crippen LogP contribution in [0.25, 0.3) is 10.9 Å². The maximum Gasteiger partial charge on any atom is 0.244 e. The van der Waals surface area contributed by atoms with Crippen molar-refractivity contribution in [3.05, 3.63) is 60.3 Å². The molecule has 0 bridgehead atoms. The van der Waals surface area contributed by atoms with Crippen LogP contribution in [0.1, 0.15) is 24.4 Å². The first kappa shape index (κ1) is 16.6. The molecule has 1 saturated heterocycles. The molecule has 6 nitrogen and oxygen atoms in total. The lowest BCUT2D eigenvalue weighted by atomic mass is 10.0. The van der Waals surface area contributed by atoms with Crippen LogP contribution in [0.3, 0.4) is 0 Å². The van der Waals surface area contributed by atoms with Crippen LogP contribution in [-0.2, 0) is 4.79 Å². The summed E-state index contributed by atoms with van der Waals surface area (Å²) in [7, 11) is 0. The minimum Gasteiger partial charge on any atom is -0.381 e. The van der Waals surface area contributed by atoms with Gasteiger partial charge in [-0.1, -0.05) is 30.3 Å². The average molecular weight is 349 g/mol. The van der Waals surface area contributed by atoms with Crippen LogP contribution < -0.4 is 11.1 Å². The summed E-state index contributed by atoms with van der Waals surface area (Å²) in [4.78, 5) is 14.7. The number of nitrogens with two attached hydrogens (primary N) is 1. The van der Waals surface area contributed by atoms with Gasteiger partial charge in [-0.05, 0) is 36.6 Å². The molecule has 2 heterocycles. The number of hydrogen-bond acceptors (Lipinski definition) is 4. The number of piperidine rings is 1. The van der Waals surface area contributed by atoms with E-state index in [0.29, 0.717) is 6.54 Å². The molecule has 1 fully saturated rings. The second-order valence-electron chi connectivity index (χ2n) is 6.83. The van der Waals surface area contributed by atoms with Crippen LogP contribution >= 0.6 is 0 Å². The van der Waals surface area contributed by atoms with E-state index in [1.807, 2.05) is 53.6 Å². The molecule has 1 unspecified atom stereocenters. The van der Waals surface area contributed by atoms with Crippen molar-refractivity contribution < 1.29 is 4.79 Å². The van der Waals surface area contributed by atoms with Gasteiger partial charge in [0.05, 0.1) is 11.7 Å². The Labute approximate surface area is 152 Å². The van der Waals surface area contributed by atoms with E-state index in [1.54, 1.807) is 0 Å². The van der Waals surface area contributed by atoms with Crippen LogP contribution in [0.2, 0.25) is 0 Å². The van der Waals surface area contributed by atoms with Gasteiger partial charge in [0.2, 0.25) is 5.91 Å². The van der Waals surface area contributed by atoms with Gasteiger partial charge in [0, 0.05) is 30.2 Å². The minimum atomic E-state index is -0.600. The Balaban J connectivity index is 1.42. The number of nitrogens with one attached hydrogen (secondary N) is 2. The first-order chi connectivity index (χ1) is 12.7. The molecule has 1 aromatic heterocycles. The normalized spacial score (nSPS) is 18.7. The number of H-pyrrole nitrogens is 1. The SMILES string of the molecule is N[C@@H](C(=O)N1CCCC(Nc2ccc3[nH]ncc3c2)C1)c1ccccc1. The molecule has 3 aromatic rings. The Kier molecular flexibility index (Phi) is 4.58. The lowest BCUT2D eigenvalue weighted by Crippen LogP contribution is -2.48. The number of aromatic amines is 1. The summed E-state index contributed by atoms with van der Waals surface area (Å²) in [6.45, 7) is 1.43. The highest BCUT2D eigenvalue weighted by Crippen LogP contribution is 2.22. The molecule has 2 aromatic carbocycles. The van der Waals surface area contributed by atoms with Gasteiger partial charge in [0.25, 0.3) is 0 Å². The number of carbonyl (C=O) groups excluding carboxylic acids is 1. The Morgan fingerprint density at radius 2 is 2.12 bits per heavy atom. The van der Waals surface area contributed by atoms with Gasteiger partial charge >= 0.3 is 0 Å². The van der Waals surface area contributed by atoms with E-state index in [-0.39, 0.29) is 11.9 Å². The topological polar surface area (TPSA) is 87.0 Å². The summed E-state index contributed by atoms with van der Waals surface area (Å²) in [5.41, 5.74) is 9.12. The monoisotopic (exact) mass is 349 g/mol. The molecule has 0 aliphatic carbocycles. The molecule has 26 heavy (non-hydrogen) atoms. The number of likely N-dealkylation sites (tertiary alicyclic amines) is 1. The zero-order valence-corrected chi connectivity index (χ0v) is 14.6. The fourth-order valence-corrected chi connectivity index (χ4v) is 3.56. The van der Waals surface area contributed by atoms with Crippen LogP contribution in [0.15, 0.2) is 54.7 Å². The van der Waals surface area contributed by atoms with Gasteiger partial charge in [0.15, 0.2) is 0 Å². The molecule has 2 atom stereocenters. The van der Waals surface area contributed by atoms with Crippen LogP contribution in [0.5, 0.6) is 0 Å². The molecule has 134 valence electrons. The van der Waals surface area contributed by atoms with Gasteiger partial charge in [-0.25, -0.2) is 0 Å². The summed E-state index contributed by atoms with van der Waals surface area (Å²) in [6.07, 6.45) is 3.82. The molecule has 4 rings (SSSR count). The Bertz CT molecular complexity index is 891. The lowest BCUT2D eigenvalue weighted by molar-refractivity contribution is -0.133. The summed E-state index contributed by atoms with van der Waals surface area (Å²) < 4.78 is 0. The van der Waals surface area contributed by atoms with Crippen LogP contribution in [0, 0.1) is 0 Å². The molecule has 4 N–H and O–H groups in total. The third-order valence-electron chi connectivity index (χ3n) is 4.97. The van der Waals surface area contributed by atoms with Crippen molar-refractivity contribution in [3.8, 4) is 0 Å². The number of carbonyl (C=O) groups is 1. The van der Waals surface area contributed by atoms with Gasteiger partial charge in [-0.3, -0.25) is 9.89 Å². The van der Waals surface area contributed by atoms with E-state index in [9.17, 15) is 4.79 Å². The summed E-state index contributed by atoms with van der Waals surface area (Å²) in [6, 6.07) is 15.3. The third kappa shape index (κ3) is 3.41. The number of rotatable bonds is 4. The van der Waals surface area contributed by atoms with Crippen LogP contribution in [-0.4, -0.2) is 40.1 Å². The van der Waals surface area contributed by atoms with E-state index in [1.165, 1.54) is 0 Å². The summed E-state index contributed by atoms with van der Waals surface area (Å²) in [5, 5.41) is 11.6. The Morgan fingerprint density at radius 3 is 2.96 bits per heavy atom. The number of benzene rings is 2. The average Bonchev–Trinajstić information content (AvgIpc) is 3.15. The van der Waals surface area contributed by atoms with Crippen molar-refractivity contribution in [1.29, 1.82) is 0 Å². The molecule has 0 spiro atoms. The first-order valence-electron chi connectivity index (χ1n) is 9.00. The second kappa shape index (κ2) is 7.17. The standard InChI is InChI=1S/C20H23N5O/c21-19(14-5-2-1-3-6-14)20(26)25-10-4-7-17(13-25)23-16-8-9-18-15(11-16)12-22-24-18/h1-3,5-6,8-9,11-12,17,19,23H,4,7,10,13,21H2,(H,22,24)/t17?,19-/m1/s1. The molecule has 1 aliphatic rings. The first-order valence-corrected chi connectivity index (χ1v) is 9.00. The quantitative estimate of drug-likeness (QED) is 0.676. The van der Waals surface area contributed by atoms with Crippen molar-refractivity contribution in [2.75, 3.05) is 18.4 Å². The number of aromatic nitrogens is 2. The van der Waals surface area contributed by atoms with E-state index in [4.69, 9.17) is 5.73 Å². The third-order valence-corrected chi connectivity index (χ3v) is 4.97. The van der Waals surface area contributed by atoms with Gasteiger partial charge < -0.3 is 16.0 Å². The highest BCUT2D eigenvalue weighted by atomic mass is 16.2. The van der Waals surface area contributed by atoms with E-state index in [2.05, 4.69) is 21.6 Å². The van der Waals surface area contributed by atoms with E-state index < -0.39 is 6.04 Å². The van der Waals surface area contributed by atoms with Crippen molar-refractivity contribution in [3.63, 3.8) is 0 Å². The number of fused-ring (bicyclic) bond motifs is 1. The van der Waals surface area contributed by atoms with E-state index >= 15 is 0 Å². The van der Waals surface area contributed by atoms with Gasteiger partial charge in [-0.2, -0.15) is 5.10 Å². The molecule has 1 amide bonds. The number of hydrogen-bond donors (Lipinski definition) is 3. The summed E-state index contributed by atoms with van der Waals surface area (Å²) >= 11 is 0. The molecular formula is C20H23N5O. The van der Waals surface area contributed by atoms with Gasteiger partial charge in [-0.15, -0.1) is 0 Å². The Morgan fingerprint density at radius 1 is 1.27 bits per heavy atom. The molecule has 6 heteroatoms. The Hall–Kier alpha value is -2.86. The highest BCUT2D eigenvalue weighted by Gasteiger charge is 2.27. The largest absolute Gasteiger partial charge is 0.381 e. The molecular weight excluding hydrogens is 326 g/mol.